The number of hydrogen-bond acceptors (Lipinski definition) is 0. The Morgan fingerprint density at radius 3 is 1.46 bits per heavy atom. The van der Waals surface area contributed by atoms with Gasteiger partial charge >= 0.3 is 211 Å². The van der Waals surface area contributed by atoms with Crippen molar-refractivity contribution >= 4 is 4.21 Å². The molecule has 2 aliphatic carbocycles. The quantitative estimate of drug-likeness (QED) is 0.507. The van der Waals surface area contributed by atoms with Crippen molar-refractivity contribution < 1.29 is 46.1 Å². The van der Waals surface area contributed by atoms with Crippen LogP contribution < -0.4 is 24.8 Å². The molecule has 0 heterocycles. The van der Waals surface area contributed by atoms with Crippen molar-refractivity contribution in [2.75, 3.05) is 0 Å². The second-order valence-corrected chi connectivity index (χ2v) is 18.7. The van der Waals surface area contributed by atoms with Crippen LogP contribution in [0.25, 0.3) is 11.1 Å². The molecule has 2 aromatic rings. The van der Waals surface area contributed by atoms with Gasteiger partial charge in [0.05, 0.1) is 0 Å². The molecule has 35 heavy (non-hydrogen) atoms. The topological polar surface area (TPSA) is 0 Å². The minimum absolute atomic E-state index is 0. The van der Waals surface area contributed by atoms with E-state index in [1.165, 1.54) is 39.0 Å². The van der Waals surface area contributed by atoms with Crippen LogP contribution in [-0.4, -0.2) is 4.21 Å². The Labute approximate surface area is 234 Å². The van der Waals surface area contributed by atoms with Gasteiger partial charge in [0, 0.05) is 0 Å². The first-order valence-corrected chi connectivity index (χ1v) is 16.9. The fraction of sp³-hybridized carbons (Fsp3) is 0.469. The number of allylic oxidation sites excluding steroid dienone is 4. The molecular weight excluding hydrogens is 546 g/mol. The van der Waals surface area contributed by atoms with Crippen LogP contribution in [0.1, 0.15) is 95.1 Å². The van der Waals surface area contributed by atoms with Crippen LogP contribution in [0.3, 0.4) is 0 Å². The number of benzene rings is 2. The van der Waals surface area contributed by atoms with Crippen molar-refractivity contribution in [2.45, 2.75) is 83.7 Å². The molecule has 0 amide bonds. The van der Waals surface area contributed by atoms with Gasteiger partial charge in [-0.3, -0.25) is 0 Å². The molecule has 0 aliphatic heterocycles. The van der Waals surface area contributed by atoms with Crippen LogP contribution in [0.5, 0.6) is 0 Å². The molecule has 188 valence electrons. The average Bonchev–Trinajstić information content (AvgIpc) is 3.23. The Morgan fingerprint density at radius 2 is 1.11 bits per heavy atom. The maximum absolute atomic E-state index is 5.00. The summed E-state index contributed by atoms with van der Waals surface area (Å²) in [5.74, 6) is 0.529. The smallest absolute Gasteiger partial charge is 1.00 e. The molecule has 2 aromatic carbocycles. The minimum Gasteiger partial charge on any atom is -1.00 e. The summed E-state index contributed by atoms with van der Waals surface area (Å²) in [5.41, 5.74) is 10.8. The van der Waals surface area contributed by atoms with E-state index < -0.39 is 21.3 Å². The van der Waals surface area contributed by atoms with Crippen molar-refractivity contribution in [1.29, 1.82) is 0 Å². The SMILES string of the molecule is [CH2]=[Zr+2]([C]1=CC(C(C)(C)C)=CC1C)[CH]1c2ccc(C(C)(C)C)cc2-c2cc(C(C)(C)C)ccc21.[Cl-].[Cl-]. The van der Waals surface area contributed by atoms with Gasteiger partial charge < -0.3 is 24.8 Å². The Hall–Kier alpha value is -0.747. The van der Waals surface area contributed by atoms with Crippen LogP contribution in [-0.2, 0) is 32.1 Å². The van der Waals surface area contributed by atoms with Crippen LogP contribution in [0.4, 0.5) is 0 Å². The zero-order valence-corrected chi connectivity index (χ0v) is 27.2. The van der Waals surface area contributed by atoms with Crippen molar-refractivity contribution in [3.63, 3.8) is 0 Å². The van der Waals surface area contributed by atoms with Gasteiger partial charge in [-0.05, 0) is 0 Å². The van der Waals surface area contributed by atoms with E-state index in [0.717, 1.165) is 0 Å². The van der Waals surface area contributed by atoms with Crippen molar-refractivity contribution in [1.82, 2.24) is 0 Å². The largest absolute Gasteiger partial charge is 1.00 e. The van der Waals surface area contributed by atoms with E-state index in [-0.39, 0.29) is 41.1 Å². The van der Waals surface area contributed by atoms with Gasteiger partial charge in [-0.15, -0.1) is 0 Å². The summed E-state index contributed by atoms with van der Waals surface area (Å²) in [5, 5.41) is 0. The van der Waals surface area contributed by atoms with Gasteiger partial charge in [0.2, 0.25) is 0 Å². The third-order valence-corrected chi connectivity index (χ3v) is 14.1. The zero-order chi connectivity index (χ0) is 24.5. The van der Waals surface area contributed by atoms with E-state index in [9.17, 15) is 0 Å². The van der Waals surface area contributed by atoms with E-state index in [0.29, 0.717) is 9.54 Å². The summed E-state index contributed by atoms with van der Waals surface area (Å²) in [6, 6.07) is 14.6. The molecule has 3 heteroatoms. The summed E-state index contributed by atoms with van der Waals surface area (Å²) in [6.45, 7) is 23.3. The number of rotatable bonds is 2. The van der Waals surface area contributed by atoms with E-state index in [1.807, 2.05) is 0 Å². The summed E-state index contributed by atoms with van der Waals surface area (Å²) in [6.07, 6.45) is 5.04. The van der Waals surface area contributed by atoms with Gasteiger partial charge in [-0.2, -0.15) is 0 Å². The average molecular weight is 589 g/mol. The summed E-state index contributed by atoms with van der Waals surface area (Å²) >= 11 is -2.22. The summed E-state index contributed by atoms with van der Waals surface area (Å²) < 4.78 is 7.18. The Kier molecular flexibility index (Phi) is 8.88. The fourth-order valence-electron chi connectivity index (χ4n) is 5.28. The Bertz CT molecular complexity index is 1130. The number of hydrogen-bond donors (Lipinski definition) is 0. The molecule has 0 saturated heterocycles. The molecule has 2 aliphatic rings. The Balaban J connectivity index is 0.00000216. The molecular formula is C32H42Cl2Zr. The normalized spacial score (nSPS) is 17.3. The van der Waals surface area contributed by atoms with E-state index in [4.69, 9.17) is 4.21 Å². The van der Waals surface area contributed by atoms with E-state index >= 15 is 0 Å². The summed E-state index contributed by atoms with van der Waals surface area (Å²) in [4.78, 5) is 0. The van der Waals surface area contributed by atoms with E-state index in [2.05, 4.69) is 118 Å². The molecule has 1 atom stereocenters. The van der Waals surface area contributed by atoms with E-state index in [1.54, 1.807) is 3.28 Å². The molecule has 0 fully saturated rings. The molecule has 4 rings (SSSR count). The third-order valence-electron chi connectivity index (χ3n) is 7.57. The molecule has 0 N–H and O–H groups in total. The van der Waals surface area contributed by atoms with Gasteiger partial charge in [0.15, 0.2) is 0 Å². The molecule has 0 spiro atoms. The monoisotopic (exact) mass is 586 g/mol. The molecule has 0 nitrogen and oxygen atoms in total. The second kappa shape index (κ2) is 10.2. The first kappa shape index (κ1) is 30.5. The predicted molar refractivity (Wildman–Crippen MR) is 143 cm³/mol. The standard InChI is InChI=1S/C21H25.C10H15.CH2.2ClH.Zr/c1-20(2,3)16-9-7-14-11-15-8-10-17(21(4,5)6)13-19(15)18(14)12-16;1-8-5-6-9(7-8)10(2,3)4;;;;/h7-13H,1-6H3;6-8H,1-4H3;1H2;2*1H;/q;;;;;+2/p-2. The van der Waals surface area contributed by atoms with Gasteiger partial charge in [-0.1, -0.05) is 0 Å². The van der Waals surface area contributed by atoms with Crippen molar-refractivity contribution in [3.05, 3.63) is 79.7 Å². The summed E-state index contributed by atoms with van der Waals surface area (Å²) in [7, 11) is 0. The molecule has 0 saturated carbocycles. The molecule has 1 unspecified atom stereocenters. The van der Waals surface area contributed by atoms with Crippen LogP contribution in [0, 0.1) is 11.3 Å². The third kappa shape index (κ3) is 5.74. The first-order chi connectivity index (χ1) is 15.1. The van der Waals surface area contributed by atoms with Gasteiger partial charge in [0.25, 0.3) is 0 Å². The fourth-order valence-corrected chi connectivity index (χ4v) is 11.7. The van der Waals surface area contributed by atoms with Crippen LogP contribution in [0.2, 0.25) is 0 Å². The van der Waals surface area contributed by atoms with Gasteiger partial charge in [-0.25, -0.2) is 0 Å². The second-order valence-electron chi connectivity index (χ2n) is 13.3. The van der Waals surface area contributed by atoms with Crippen LogP contribution in [0.15, 0.2) is 57.4 Å². The number of fused-ring (bicyclic) bond motifs is 3. The van der Waals surface area contributed by atoms with Gasteiger partial charge in [0.1, 0.15) is 0 Å². The minimum atomic E-state index is -2.22. The predicted octanol–water partition coefficient (Wildman–Crippen LogP) is 2.92. The maximum atomic E-state index is 5.00. The molecule has 0 radical (unpaired) electrons. The van der Waals surface area contributed by atoms with Crippen LogP contribution >= 0.6 is 0 Å². The number of halogens is 2. The zero-order valence-electron chi connectivity index (χ0n) is 23.2. The van der Waals surface area contributed by atoms with Crippen molar-refractivity contribution in [3.8, 4) is 11.1 Å². The Morgan fingerprint density at radius 1 is 0.686 bits per heavy atom. The van der Waals surface area contributed by atoms with Crippen molar-refractivity contribution in [2.24, 2.45) is 11.3 Å². The maximum Gasteiger partial charge on any atom is -1.00 e. The molecule has 0 bridgehead atoms. The molecule has 0 aromatic heterocycles. The first-order valence-electron chi connectivity index (χ1n) is 12.5.